The fraction of sp³-hybridized carbons (Fsp3) is 0.0625. The molecule has 0 aliphatic rings. The summed E-state index contributed by atoms with van der Waals surface area (Å²) in [4.78, 5) is 23.5. The van der Waals surface area contributed by atoms with Crippen molar-refractivity contribution in [2.45, 2.75) is 0 Å². The summed E-state index contributed by atoms with van der Waals surface area (Å²) in [6.45, 7) is -0.445. The molecular formula is C16H10Cl2N2O3. The first-order valence-electron chi connectivity index (χ1n) is 6.42. The molecule has 1 N–H and O–H groups in total. The van der Waals surface area contributed by atoms with E-state index in [2.05, 4.69) is 5.32 Å². The van der Waals surface area contributed by atoms with Gasteiger partial charge >= 0.3 is 5.97 Å². The van der Waals surface area contributed by atoms with Gasteiger partial charge in [0.1, 0.15) is 0 Å². The molecule has 2 rings (SSSR count). The van der Waals surface area contributed by atoms with E-state index in [0.29, 0.717) is 21.3 Å². The largest absolute Gasteiger partial charge is 0.452 e. The molecule has 0 aliphatic carbocycles. The number of hydrogen-bond donors (Lipinski definition) is 1. The van der Waals surface area contributed by atoms with Gasteiger partial charge in [-0.1, -0.05) is 23.2 Å². The van der Waals surface area contributed by atoms with Crippen LogP contribution in [0, 0.1) is 11.3 Å². The van der Waals surface area contributed by atoms with Crippen LogP contribution in [0.1, 0.15) is 15.9 Å². The van der Waals surface area contributed by atoms with Crippen molar-refractivity contribution in [3.8, 4) is 6.07 Å². The van der Waals surface area contributed by atoms with Crippen molar-refractivity contribution in [3.05, 3.63) is 63.6 Å². The van der Waals surface area contributed by atoms with Crippen LogP contribution in [0.15, 0.2) is 42.5 Å². The Labute approximate surface area is 142 Å². The number of hydrogen-bond acceptors (Lipinski definition) is 4. The van der Waals surface area contributed by atoms with Crippen LogP contribution in [0.4, 0.5) is 5.69 Å². The minimum absolute atomic E-state index is 0.256. The molecule has 0 aliphatic heterocycles. The molecule has 2 aromatic rings. The van der Waals surface area contributed by atoms with Crippen molar-refractivity contribution in [1.82, 2.24) is 0 Å². The average Bonchev–Trinajstić information content (AvgIpc) is 2.56. The van der Waals surface area contributed by atoms with Gasteiger partial charge in [0, 0.05) is 5.69 Å². The Bertz CT molecular complexity index is 783. The fourth-order valence-electron chi connectivity index (χ4n) is 1.67. The summed E-state index contributed by atoms with van der Waals surface area (Å²) in [6, 6.07) is 12.5. The number of halogens is 2. The number of amides is 1. The third-order valence-electron chi connectivity index (χ3n) is 2.79. The molecule has 0 saturated carbocycles. The highest BCUT2D eigenvalue weighted by Crippen LogP contribution is 2.24. The number of esters is 1. The number of carbonyl (C=O) groups excluding carboxylic acids is 2. The lowest BCUT2D eigenvalue weighted by Gasteiger charge is -2.07. The normalized spacial score (nSPS) is 9.78. The lowest BCUT2D eigenvalue weighted by Crippen LogP contribution is -2.20. The van der Waals surface area contributed by atoms with Crippen LogP contribution in [0.25, 0.3) is 0 Å². The third kappa shape index (κ3) is 4.71. The van der Waals surface area contributed by atoms with Gasteiger partial charge in [0.25, 0.3) is 5.91 Å². The van der Waals surface area contributed by atoms with E-state index in [1.54, 1.807) is 12.1 Å². The highest BCUT2D eigenvalue weighted by molar-refractivity contribution is 6.42. The molecule has 7 heteroatoms. The zero-order valence-electron chi connectivity index (χ0n) is 11.7. The standard InChI is InChI=1S/C16H10Cl2N2O3/c17-13-6-5-12(7-14(13)18)20-15(21)9-23-16(22)11-3-1-10(8-19)2-4-11/h1-7H,9H2,(H,20,21). The van der Waals surface area contributed by atoms with Crippen LogP contribution >= 0.6 is 23.2 Å². The molecular weight excluding hydrogens is 339 g/mol. The van der Waals surface area contributed by atoms with Gasteiger partial charge in [-0.25, -0.2) is 4.79 Å². The molecule has 116 valence electrons. The Hall–Kier alpha value is -2.55. The van der Waals surface area contributed by atoms with Crippen molar-refractivity contribution in [1.29, 1.82) is 5.26 Å². The first-order valence-corrected chi connectivity index (χ1v) is 7.17. The second-order valence-corrected chi connectivity index (χ2v) is 5.26. The minimum Gasteiger partial charge on any atom is -0.452 e. The van der Waals surface area contributed by atoms with Crippen LogP contribution in [-0.4, -0.2) is 18.5 Å². The second kappa shape index (κ2) is 7.63. The van der Waals surface area contributed by atoms with Gasteiger partial charge in [-0.3, -0.25) is 4.79 Å². The highest BCUT2D eigenvalue weighted by atomic mass is 35.5. The summed E-state index contributed by atoms with van der Waals surface area (Å²) in [5.74, 6) is -1.16. The van der Waals surface area contributed by atoms with E-state index in [-0.39, 0.29) is 5.56 Å². The Morgan fingerprint density at radius 3 is 2.39 bits per heavy atom. The van der Waals surface area contributed by atoms with Gasteiger partial charge < -0.3 is 10.1 Å². The number of benzene rings is 2. The molecule has 0 aromatic heterocycles. The molecule has 0 atom stereocenters. The zero-order chi connectivity index (χ0) is 16.8. The number of anilines is 1. The molecule has 2 aromatic carbocycles. The molecule has 0 heterocycles. The van der Waals surface area contributed by atoms with Crippen LogP contribution in [0.3, 0.4) is 0 Å². The molecule has 1 amide bonds. The van der Waals surface area contributed by atoms with Crippen molar-refractivity contribution in [3.63, 3.8) is 0 Å². The summed E-state index contributed by atoms with van der Waals surface area (Å²) < 4.78 is 4.90. The predicted molar refractivity (Wildman–Crippen MR) is 86.5 cm³/mol. The van der Waals surface area contributed by atoms with Gasteiger partial charge in [0.05, 0.1) is 27.2 Å². The number of ether oxygens (including phenoxy) is 1. The van der Waals surface area contributed by atoms with E-state index in [9.17, 15) is 9.59 Å². The van der Waals surface area contributed by atoms with Crippen molar-refractivity contribution in [2.75, 3.05) is 11.9 Å². The quantitative estimate of drug-likeness (QED) is 0.855. The van der Waals surface area contributed by atoms with Gasteiger partial charge in [-0.15, -0.1) is 0 Å². The van der Waals surface area contributed by atoms with E-state index in [0.717, 1.165) is 0 Å². The molecule has 0 unspecified atom stereocenters. The molecule has 0 saturated heterocycles. The van der Waals surface area contributed by atoms with Gasteiger partial charge in [0.2, 0.25) is 0 Å². The molecule has 0 fully saturated rings. The number of rotatable bonds is 4. The first-order chi connectivity index (χ1) is 11.0. The van der Waals surface area contributed by atoms with Crippen LogP contribution in [-0.2, 0) is 9.53 Å². The fourth-order valence-corrected chi connectivity index (χ4v) is 1.96. The third-order valence-corrected chi connectivity index (χ3v) is 3.53. The first kappa shape index (κ1) is 16.8. The van der Waals surface area contributed by atoms with Gasteiger partial charge in [0.15, 0.2) is 6.61 Å². The number of nitrogens with zero attached hydrogens (tertiary/aromatic N) is 1. The summed E-state index contributed by atoms with van der Waals surface area (Å²) >= 11 is 11.6. The van der Waals surface area contributed by atoms with Crippen LogP contribution in [0.5, 0.6) is 0 Å². The van der Waals surface area contributed by atoms with Gasteiger partial charge in [-0.05, 0) is 42.5 Å². The summed E-state index contributed by atoms with van der Waals surface area (Å²) in [6.07, 6.45) is 0. The number of nitrogens with one attached hydrogen (secondary N) is 1. The highest BCUT2D eigenvalue weighted by Gasteiger charge is 2.11. The average molecular weight is 349 g/mol. The molecule has 0 radical (unpaired) electrons. The molecule has 23 heavy (non-hydrogen) atoms. The van der Waals surface area contributed by atoms with Crippen molar-refractivity contribution in [2.24, 2.45) is 0 Å². The van der Waals surface area contributed by atoms with Crippen molar-refractivity contribution < 1.29 is 14.3 Å². The molecule has 5 nitrogen and oxygen atoms in total. The Balaban J connectivity index is 1.89. The molecule has 0 spiro atoms. The lowest BCUT2D eigenvalue weighted by molar-refractivity contribution is -0.119. The van der Waals surface area contributed by atoms with E-state index >= 15 is 0 Å². The summed E-state index contributed by atoms with van der Waals surface area (Å²) in [5, 5.41) is 11.9. The zero-order valence-corrected chi connectivity index (χ0v) is 13.2. The number of carbonyl (C=O) groups is 2. The lowest BCUT2D eigenvalue weighted by atomic mass is 10.1. The summed E-state index contributed by atoms with van der Waals surface area (Å²) in [7, 11) is 0. The predicted octanol–water partition coefficient (Wildman–Crippen LogP) is 3.66. The minimum atomic E-state index is -0.654. The Morgan fingerprint density at radius 2 is 1.78 bits per heavy atom. The summed E-state index contributed by atoms with van der Waals surface area (Å²) in [5.41, 5.74) is 1.13. The van der Waals surface area contributed by atoms with Crippen LogP contribution in [0.2, 0.25) is 10.0 Å². The Morgan fingerprint density at radius 1 is 1.09 bits per heavy atom. The maximum atomic E-state index is 11.8. The van der Waals surface area contributed by atoms with Crippen molar-refractivity contribution >= 4 is 40.8 Å². The van der Waals surface area contributed by atoms with E-state index in [4.69, 9.17) is 33.2 Å². The van der Waals surface area contributed by atoms with E-state index in [1.807, 2.05) is 6.07 Å². The second-order valence-electron chi connectivity index (χ2n) is 4.44. The Kier molecular flexibility index (Phi) is 5.58. The molecule has 0 bridgehead atoms. The monoisotopic (exact) mass is 348 g/mol. The van der Waals surface area contributed by atoms with E-state index in [1.165, 1.54) is 30.3 Å². The maximum absolute atomic E-state index is 11.8. The SMILES string of the molecule is N#Cc1ccc(C(=O)OCC(=O)Nc2ccc(Cl)c(Cl)c2)cc1. The van der Waals surface area contributed by atoms with Crippen LogP contribution < -0.4 is 5.32 Å². The van der Waals surface area contributed by atoms with E-state index < -0.39 is 18.5 Å². The maximum Gasteiger partial charge on any atom is 0.338 e. The number of nitriles is 1. The van der Waals surface area contributed by atoms with Gasteiger partial charge in [-0.2, -0.15) is 5.26 Å². The topological polar surface area (TPSA) is 79.2 Å². The smallest absolute Gasteiger partial charge is 0.338 e.